The first kappa shape index (κ1) is 23.2. The van der Waals surface area contributed by atoms with Crippen LogP contribution in [0.3, 0.4) is 0 Å². The number of nitriles is 1. The van der Waals surface area contributed by atoms with Gasteiger partial charge in [-0.05, 0) is 62.5 Å². The van der Waals surface area contributed by atoms with Gasteiger partial charge in [0.05, 0.1) is 39.9 Å². The van der Waals surface area contributed by atoms with E-state index in [4.69, 9.17) is 5.11 Å². The standard InChI is InChI=1S/C26H24N4O3S/c1-30(2)15-16-3-6-18(7-4-16)28-25(22-11-8-19(34-22)9-12-23(31)32)24-20-10-5-17(14-27)13-21(20)29-26(24)33/h3-8,10-11,13,28H,9,12,15H2,1-2H3,(H,29,33)(H,31,32). The number of rotatable bonds is 8. The van der Waals surface area contributed by atoms with Crippen molar-refractivity contribution in [3.8, 4) is 6.07 Å². The molecule has 7 nitrogen and oxygen atoms in total. The predicted octanol–water partition coefficient (Wildman–Crippen LogP) is 4.63. The molecule has 3 aromatic rings. The molecule has 1 aliphatic heterocycles. The van der Waals surface area contributed by atoms with E-state index < -0.39 is 5.97 Å². The molecule has 4 rings (SSSR count). The lowest BCUT2D eigenvalue weighted by Crippen LogP contribution is -2.11. The fourth-order valence-corrected chi connectivity index (χ4v) is 4.83. The quantitative estimate of drug-likeness (QED) is 0.413. The summed E-state index contributed by atoms with van der Waals surface area (Å²) in [6.45, 7) is 0.823. The zero-order chi connectivity index (χ0) is 24.2. The number of carboxylic acids is 1. The van der Waals surface area contributed by atoms with Gasteiger partial charge in [-0.15, -0.1) is 11.3 Å². The van der Waals surface area contributed by atoms with Gasteiger partial charge in [0.1, 0.15) is 0 Å². The number of carbonyl (C=O) groups excluding carboxylic acids is 1. The summed E-state index contributed by atoms with van der Waals surface area (Å²) in [5, 5.41) is 24.5. The van der Waals surface area contributed by atoms with E-state index in [0.717, 1.165) is 27.5 Å². The maximum absolute atomic E-state index is 13.1. The lowest BCUT2D eigenvalue weighted by atomic mass is 10.0. The topological polar surface area (TPSA) is 105 Å². The highest BCUT2D eigenvalue weighted by Gasteiger charge is 2.29. The number of hydrogen-bond donors (Lipinski definition) is 3. The Bertz CT molecular complexity index is 1320. The molecule has 0 saturated heterocycles. The van der Waals surface area contributed by atoms with Crippen molar-refractivity contribution in [2.45, 2.75) is 19.4 Å². The number of thiophene rings is 1. The average molecular weight is 473 g/mol. The zero-order valence-electron chi connectivity index (χ0n) is 18.9. The van der Waals surface area contributed by atoms with Crippen LogP contribution in [0, 0.1) is 11.3 Å². The Morgan fingerprint density at radius 3 is 2.59 bits per heavy atom. The number of aliphatic carboxylic acids is 1. The van der Waals surface area contributed by atoms with Crippen molar-refractivity contribution < 1.29 is 14.7 Å². The maximum Gasteiger partial charge on any atom is 0.303 e. The van der Waals surface area contributed by atoms with E-state index in [9.17, 15) is 14.9 Å². The largest absolute Gasteiger partial charge is 0.481 e. The molecule has 2 aromatic carbocycles. The van der Waals surface area contributed by atoms with Crippen molar-refractivity contribution in [1.29, 1.82) is 5.26 Å². The molecule has 0 bridgehead atoms. The highest BCUT2D eigenvalue weighted by atomic mass is 32.1. The third-order valence-electron chi connectivity index (χ3n) is 5.36. The average Bonchev–Trinajstić information content (AvgIpc) is 3.40. The number of aryl methyl sites for hydroxylation is 1. The second-order valence-corrected chi connectivity index (χ2v) is 9.46. The van der Waals surface area contributed by atoms with Crippen molar-refractivity contribution in [1.82, 2.24) is 4.90 Å². The number of nitrogens with one attached hydrogen (secondary N) is 2. The maximum atomic E-state index is 13.1. The smallest absolute Gasteiger partial charge is 0.303 e. The fraction of sp³-hybridized carbons (Fsp3) is 0.192. The molecule has 0 fully saturated rings. The highest BCUT2D eigenvalue weighted by Crippen LogP contribution is 2.39. The van der Waals surface area contributed by atoms with Gasteiger partial charge in [-0.1, -0.05) is 18.2 Å². The minimum absolute atomic E-state index is 0.0485. The predicted molar refractivity (Wildman–Crippen MR) is 134 cm³/mol. The van der Waals surface area contributed by atoms with Gasteiger partial charge < -0.3 is 20.6 Å². The molecular weight excluding hydrogens is 448 g/mol. The van der Waals surface area contributed by atoms with Gasteiger partial charge in [0, 0.05) is 22.7 Å². The zero-order valence-corrected chi connectivity index (χ0v) is 19.7. The number of fused-ring (bicyclic) bond motifs is 1. The summed E-state index contributed by atoms with van der Waals surface area (Å²) >= 11 is 1.46. The first-order chi connectivity index (χ1) is 16.3. The minimum Gasteiger partial charge on any atom is -0.481 e. The van der Waals surface area contributed by atoms with Crippen LogP contribution in [0.5, 0.6) is 0 Å². The lowest BCUT2D eigenvalue weighted by Gasteiger charge is -2.14. The summed E-state index contributed by atoms with van der Waals surface area (Å²) in [7, 11) is 4.03. The van der Waals surface area contributed by atoms with Crippen LogP contribution >= 0.6 is 11.3 Å². The summed E-state index contributed by atoms with van der Waals surface area (Å²) in [6, 6.07) is 19.1. The number of amides is 1. The van der Waals surface area contributed by atoms with E-state index in [0.29, 0.717) is 28.9 Å². The minimum atomic E-state index is -0.845. The van der Waals surface area contributed by atoms with Crippen molar-refractivity contribution in [2.24, 2.45) is 0 Å². The third-order valence-corrected chi connectivity index (χ3v) is 6.52. The molecule has 2 heterocycles. The molecule has 0 radical (unpaired) electrons. The normalized spacial score (nSPS) is 13.9. The second-order valence-electron chi connectivity index (χ2n) is 8.30. The van der Waals surface area contributed by atoms with Crippen molar-refractivity contribution in [3.63, 3.8) is 0 Å². The van der Waals surface area contributed by atoms with E-state index in [1.54, 1.807) is 18.2 Å². The highest BCUT2D eigenvalue weighted by molar-refractivity contribution is 7.13. The van der Waals surface area contributed by atoms with Gasteiger partial charge in [0.15, 0.2) is 0 Å². The van der Waals surface area contributed by atoms with E-state index >= 15 is 0 Å². The van der Waals surface area contributed by atoms with E-state index in [-0.39, 0.29) is 12.3 Å². The van der Waals surface area contributed by atoms with E-state index in [2.05, 4.69) is 21.6 Å². The van der Waals surface area contributed by atoms with E-state index in [1.165, 1.54) is 16.9 Å². The van der Waals surface area contributed by atoms with Gasteiger partial charge in [0.25, 0.3) is 5.91 Å². The Labute approximate surface area is 202 Å². The van der Waals surface area contributed by atoms with Gasteiger partial charge in [-0.2, -0.15) is 5.26 Å². The van der Waals surface area contributed by atoms with Crippen molar-refractivity contribution in [3.05, 3.63) is 81.0 Å². The number of hydrogen-bond acceptors (Lipinski definition) is 6. The second kappa shape index (κ2) is 9.91. The number of nitrogens with zero attached hydrogens (tertiary/aromatic N) is 2. The van der Waals surface area contributed by atoms with Gasteiger partial charge in [-0.3, -0.25) is 9.59 Å². The van der Waals surface area contributed by atoms with Crippen LogP contribution in [0.4, 0.5) is 11.4 Å². The lowest BCUT2D eigenvalue weighted by molar-refractivity contribution is -0.136. The molecule has 3 N–H and O–H groups in total. The van der Waals surface area contributed by atoms with Crippen molar-refractivity contribution >= 4 is 45.9 Å². The monoisotopic (exact) mass is 472 g/mol. The molecular formula is C26H24N4O3S. The van der Waals surface area contributed by atoms with Crippen LogP contribution in [0.2, 0.25) is 0 Å². The third kappa shape index (κ3) is 5.17. The van der Waals surface area contributed by atoms with E-state index in [1.807, 2.05) is 50.5 Å². The van der Waals surface area contributed by atoms with Gasteiger partial charge in [0.2, 0.25) is 0 Å². The SMILES string of the molecule is CN(C)Cc1ccc(NC(=C2C(=O)Nc3cc(C#N)ccc32)c2ccc(CCC(=O)O)s2)cc1. The number of benzene rings is 2. The molecule has 0 saturated carbocycles. The number of anilines is 2. The van der Waals surface area contributed by atoms with Crippen LogP contribution in [0.1, 0.15) is 32.9 Å². The summed E-state index contributed by atoms with van der Waals surface area (Å²) in [6.07, 6.45) is 0.475. The molecule has 8 heteroatoms. The Kier molecular flexibility index (Phi) is 6.77. The molecule has 0 aliphatic carbocycles. The van der Waals surface area contributed by atoms with Crippen LogP contribution in [-0.2, 0) is 22.6 Å². The molecule has 0 unspecified atom stereocenters. The summed E-state index contributed by atoms with van der Waals surface area (Å²) in [5.74, 6) is -1.10. The summed E-state index contributed by atoms with van der Waals surface area (Å²) in [4.78, 5) is 27.9. The van der Waals surface area contributed by atoms with Gasteiger partial charge in [-0.25, -0.2) is 0 Å². The Morgan fingerprint density at radius 1 is 1.15 bits per heavy atom. The van der Waals surface area contributed by atoms with Gasteiger partial charge >= 0.3 is 5.97 Å². The summed E-state index contributed by atoms with van der Waals surface area (Å²) in [5.41, 5.74) is 4.93. The number of carbonyl (C=O) groups is 2. The summed E-state index contributed by atoms with van der Waals surface area (Å²) < 4.78 is 0. The Morgan fingerprint density at radius 2 is 1.91 bits per heavy atom. The first-order valence-corrected chi connectivity index (χ1v) is 11.6. The molecule has 1 aromatic heterocycles. The Balaban J connectivity index is 1.76. The van der Waals surface area contributed by atoms with Crippen molar-refractivity contribution in [2.75, 3.05) is 24.7 Å². The molecule has 0 spiro atoms. The van der Waals surface area contributed by atoms with Crippen LogP contribution in [0.15, 0.2) is 54.6 Å². The first-order valence-electron chi connectivity index (χ1n) is 10.8. The van der Waals surface area contributed by atoms with Crippen LogP contribution in [-0.4, -0.2) is 36.0 Å². The fourth-order valence-electron chi connectivity index (χ4n) is 3.82. The molecule has 34 heavy (non-hydrogen) atoms. The molecule has 1 amide bonds. The Hall–Kier alpha value is -3.93. The molecule has 0 atom stereocenters. The number of carboxylic acid groups (broad SMARTS) is 1. The molecule has 172 valence electrons. The molecule has 1 aliphatic rings. The van der Waals surface area contributed by atoms with Crippen LogP contribution in [0.25, 0.3) is 11.3 Å². The van der Waals surface area contributed by atoms with Crippen LogP contribution < -0.4 is 10.6 Å².